The molecule has 0 atom stereocenters. The Hall–Kier alpha value is -0.845. The summed E-state index contributed by atoms with van der Waals surface area (Å²) in [5.41, 5.74) is 1.16. The fourth-order valence-electron chi connectivity index (χ4n) is 2.92. The molecule has 4 nitrogen and oxygen atoms in total. The first kappa shape index (κ1) is 17.0. The third-order valence-electron chi connectivity index (χ3n) is 5.13. The molecule has 3 rings (SSSR count). The van der Waals surface area contributed by atoms with E-state index in [0.29, 0.717) is 6.42 Å². The van der Waals surface area contributed by atoms with Crippen molar-refractivity contribution >= 4 is 40.1 Å². The van der Waals surface area contributed by atoms with E-state index in [-0.39, 0.29) is 17.1 Å². The van der Waals surface area contributed by atoms with Gasteiger partial charge in [-0.2, -0.15) is 0 Å². The van der Waals surface area contributed by atoms with E-state index < -0.39 is 7.12 Å². The predicted octanol–water partition coefficient (Wildman–Crippen LogP) is 3.27. The van der Waals surface area contributed by atoms with Crippen LogP contribution in [0.3, 0.4) is 0 Å². The van der Waals surface area contributed by atoms with E-state index in [1.807, 2.05) is 50.8 Å². The molecule has 124 valence electrons. The van der Waals surface area contributed by atoms with Gasteiger partial charge in [0.05, 0.1) is 11.2 Å². The molecule has 0 aliphatic carbocycles. The van der Waals surface area contributed by atoms with Crippen molar-refractivity contribution in [3.05, 3.63) is 22.7 Å². The van der Waals surface area contributed by atoms with Gasteiger partial charge in [0.15, 0.2) is 0 Å². The quantitative estimate of drug-likeness (QED) is 0.740. The third-order valence-corrected chi connectivity index (χ3v) is 5.81. The minimum Gasteiger partial charge on any atom is -0.399 e. The molecule has 1 aromatic carbocycles. The number of benzene rings is 1. The Morgan fingerprint density at radius 3 is 2.35 bits per heavy atom. The summed E-state index contributed by atoms with van der Waals surface area (Å²) < 4.78 is 13.1. The maximum Gasteiger partial charge on any atom is 0.495 e. The second kappa shape index (κ2) is 5.90. The number of hydrogen-bond donors (Lipinski definition) is 0. The summed E-state index contributed by atoms with van der Waals surface area (Å²) in [5.74, 6) is 0.200. The normalized spacial score (nSPS) is 23.4. The highest BCUT2D eigenvalue weighted by Gasteiger charge is 2.52. The Morgan fingerprint density at radius 1 is 1.13 bits per heavy atom. The van der Waals surface area contributed by atoms with Gasteiger partial charge in [-0.05, 0) is 58.1 Å². The monoisotopic (exact) mass is 379 g/mol. The molecule has 6 heteroatoms. The minimum atomic E-state index is -0.402. The molecule has 0 N–H and O–H groups in total. The Morgan fingerprint density at radius 2 is 1.78 bits per heavy atom. The largest absolute Gasteiger partial charge is 0.495 e. The summed E-state index contributed by atoms with van der Waals surface area (Å²) in [6.07, 6.45) is 2.68. The lowest BCUT2D eigenvalue weighted by atomic mass is 9.79. The third kappa shape index (κ3) is 3.09. The van der Waals surface area contributed by atoms with Crippen molar-refractivity contribution in [1.29, 1.82) is 0 Å². The van der Waals surface area contributed by atoms with E-state index in [2.05, 4.69) is 15.9 Å². The number of nitrogens with zero attached hydrogens (tertiary/aromatic N) is 1. The van der Waals surface area contributed by atoms with E-state index in [4.69, 9.17) is 9.31 Å². The van der Waals surface area contributed by atoms with Gasteiger partial charge in [0.2, 0.25) is 5.91 Å². The molecule has 0 spiro atoms. The fourth-order valence-corrected chi connectivity index (χ4v) is 3.48. The van der Waals surface area contributed by atoms with Gasteiger partial charge in [-0.15, -0.1) is 0 Å². The lowest BCUT2D eigenvalue weighted by Gasteiger charge is -2.32. The van der Waals surface area contributed by atoms with E-state index in [0.717, 1.165) is 35.0 Å². The molecule has 2 saturated heterocycles. The minimum absolute atomic E-state index is 0.200. The average Bonchev–Trinajstić information content (AvgIpc) is 2.67. The summed E-state index contributed by atoms with van der Waals surface area (Å²) in [7, 11) is -0.402. The maximum atomic E-state index is 12.1. The SMILES string of the molecule is CC1(C)OB(c2ccc(N3CCCCC3=O)cc2Br)OC1(C)C. The molecule has 2 fully saturated rings. The van der Waals surface area contributed by atoms with Crippen molar-refractivity contribution in [1.82, 2.24) is 0 Å². The van der Waals surface area contributed by atoms with E-state index in [1.54, 1.807) is 0 Å². The van der Waals surface area contributed by atoms with E-state index in [1.165, 1.54) is 0 Å². The van der Waals surface area contributed by atoms with Crippen molar-refractivity contribution in [3.63, 3.8) is 0 Å². The van der Waals surface area contributed by atoms with Gasteiger partial charge in [0.25, 0.3) is 0 Å². The van der Waals surface area contributed by atoms with Gasteiger partial charge >= 0.3 is 7.12 Å². The summed E-state index contributed by atoms with van der Waals surface area (Å²) in [4.78, 5) is 13.9. The number of carbonyl (C=O) groups is 1. The van der Waals surface area contributed by atoms with E-state index in [9.17, 15) is 4.79 Å². The number of piperidine rings is 1. The number of anilines is 1. The molecule has 0 aromatic heterocycles. The first-order valence-electron chi connectivity index (χ1n) is 8.17. The molecule has 23 heavy (non-hydrogen) atoms. The van der Waals surface area contributed by atoms with Crippen LogP contribution in [0.25, 0.3) is 0 Å². The second-order valence-corrected chi connectivity index (χ2v) is 8.15. The van der Waals surface area contributed by atoms with Crippen LogP contribution in [0, 0.1) is 0 Å². The van der Waals surface area contributed by atoms with Crippen molar-refractivity contribution in [2.24, 2.45) is 0 Å². The smallest absolute Gasteiger partial charge is 0.399 e. The van der Waals surface area contributed by atoms with Crippen LogP contribution in [0.15, 0.2) is 22.7 Å². The number of rotatable bonds is 2. The van der Waals surface area contributed by atoms with Crippen LogP contribution in [0.5, 0.6) is 0 Å². The number of halogens is 1. The standard InChI is InChI=1S/C17H23BBrNO3/c1-16(2)17(3,4)23-18(22-16)13-9-8-12(11-14(13)19)20-10-6-5-7-15(20)21/h8-9,11H,5-7,10H2,1-4H3. The zero-order valence-electron chi connectivity index (χ0n) is 14.2. The lowest BCUT2D eigenvalue weighted by molar-refractivity contribution is -0.119. The van der Waals surface area contributed by atoms with Crippen molar-refractivity contribution in [2.75, 3.05) is 11.4 Å². The summed E-state index contributed by atoms with van der Waals surface area (Å²) in [5, 5.41) is 0. The van der Waals surface area contributed by atoms with Gasteiger partial charge in [0, 0.05) is 23.1 Å². The van der Waals surface area contributed by atoms with Crippen molar-refractivity contribution in [2.45, 2.75) is 58.2 Å². The number of amides is 1. The van der Waals surface area contributed by atoms with Gasteiger partial charge in [-0.1, -0.05) is 22.0 Å². The summed E-state index contributed by atoms with van der Waals surface area (Å²) in [6.45, 7) is 8.97. The van der Waals surface area contributed by atoms with Crippen LogP contribution in [-0.2, 0) is 14.1 Å². The molecule has 1 amide bonds. The number of carbonyl (C=O) groups excluding carboxylic acids is 1. The fraction of sp³-hybridized carbons (Fsp3) is 0.588. The maximum absolute atomic E-state index is 12.1. The molecule has 2 heterocycles. The van der Waals surface area contributed by atoms with Gasteiger partial charge < -0.3 is 14.2 Å². The molecule has 0 radical (unpaired) electrons. The molecular formula is C17H23BBrNO3. The molecule has 0 bridgehead atoms. The highest BCUT2D eigenvalue weighted by atomic mass is 79.9. The van der Waals surface area contributed by atoms with Crippen LogP contribution in [0.2, 0.25) is 0 Å². The van der Waals surface area contributed by atoms with E-state index >= 15 is 0 Å². The first-order chi connectivity index (χ1) is 10.7. The molecule has 0 saturated carbocycles. The van der Waals surface area contributed by atoms with Gasteiger partial charge in [-0.25, -0.2) is 0 Å². The van der Waals surface area contributed by atoms with Crippen molar-refractivity contribution < 1.29 is 14.1 Å². The molecular weight excluding hydrogens is 357 g/mol. The summed E-state index contributed by atoms with van der Waals surface area (Å²) in [6, 6.07) is 5.96. The highest BCUT2D eigenvalue weighted by molar-refractivity contribution is 9.10. The van der Waals surface area contributed by atoms with Gasteiger partial charge in [0.1, 0.15) is 0 Å². The van der Waals surface area contributed by atoms with Gasteiger partial charge in [-0.3, -0.25) is 4.79 Å². The van der Waals surface area contributed by atoms with Crippen LogP contribution in [0.4, 0.5) is 5.69 Å². The van der Waals surface area contributed by atoms with Crippen LogP contribution < -0.4 is 10.4 Å². The Balaban J connectivity index is 1.85. The van der Waals surface area contributed by atoms with Crippen LogP contribution >= 0.6 is 15.9 Å². The Labute approximate surface area is 146 Å². The first-order valence-corrected chi connectivity index (χ1v) is 8.96. The topological polar surface area (TPSA) is 38.8 Å². The van der Waals surface area contributed by atoms with Crippen LogP contribution in [-0.4, -0.2) is 30.8 Å². The van der Waals surface area contributed by atoms with Crippen LogP contribution in [0.1, 0.15) is 47.0 Å². The zero-order valence-corrected chi connectivity index (χ0v) is 15.8. The lowest BCUT2D eigenvalue weighted by Crippen LogP contribution is -2.41. The number of hydrogen-bond acceptors (Lipinski definition) is 3. The van der Waals surface area contributed by atoms with Crippen molar-refractivity contribution in [3.8, 4) is 0 Å². The zero-order chi connectivity index (χ0) is 16.8. The Bertz CT molecular complexity index is 616. The molecule has 2 aliphatic rings. The second-order valence-electron chi connectivity index (χ2n) is 7.30. The molecule has 1 aromatic rings. The average molecular weight is 380 g/mol. The summed E-state index contributed by atoms with van der Waals surface area (Å²) >= 11 is 3.62. The predicted molar refractivity (Wildman–Crippen MR) is 96.1 cm³/mol. The molecule has 0 unspecified atom stereocenters. The Kier molecular flexibility index (Phi) is 4.36. The highest BCUT2D eigenvalue weighted by Crippen LogP contribution is 2.37. The molecule has 2 aliphatic heterocycles.